The molecule has 1 heterocycles. The number of hydrogen-bond donors (Lipinski definition) is 2. The maximum Gasteiger partial charge on any atom is 0.422 e. The molecule has 1 atom stereocenters. The molecule has 0 fully saturated rings. The van der Waals surface area contributed by atoms with Gasteiger partial charge in [0.05, 0.1) is 11.3 Å². The summed E-state index contributed by atoms with van der Waals surface area (Å²) in [6.45, 7) is 0.583. The second-order valence-electron chi connectivity index (χ2n) is 3.37. The molecule has 3 N–H and O–H groups in total. The van der Waals surface area contributed by atoms with Crippen LogP contribution in [0.5, 0.6) is 0 Å². The largest absolute Gasteiger partial charge is 0.422 e. The number of halogens is 3. The summed E-state index contributed by atoms with van der Waals surface area (Å²) < 4.78 is 37.2. The molecule has 4 nitrogen and oxygen atoms in total. The number of primary amides is 1. The van der Waals surface area contributed by atoms with Crippen molar-refractivity contribution < 1.29 is 23.1 Å². The molecule has 0 radical (unpaired) electrons. The van der Waals surface area contributed by atoms with Crippen LogP contribution in [0.1, 0.15) is 23.0 Å². The Hall–Kier alpha value is -1.63. The number of pyridine rings is 1. The first-order chi connectivity index (χ1) is 7.16. The number of aromatic nitrogens is 1. The van der Waals surface area contributed by atoms with E-state index in [9.17, 15) is 23.1 Å². The molecule has 1 aromatic rings. The third-order valence-electron chi connectivity index (χ3n) is 2.10. The van der Waals surface area contributed by atoms with Crippen LogP contribution in [-0.2, 0) is 5.60 Å². The molecule has 0 aromatic carbocycles. The first-order valence-corrected chi connectivity index (χ1v) is 4.21. The summed E-state index contributed by atoms with van der Waals surface area (Å²) in [5.74, 6) is -0.800. The van der Waals surface area contributed by atoms with Gasteiger partial charge in [0.15, 0.2) is 5.60 Å². The lowest BCUT2D eigenvalue weighted by atomic mass is 10.0. The molecule has 0 bridgehead atoms. The van der Waals surface area contributed by atoms with E-state index in [0.29, 0.717) is 6.92 Å². The number of hydrogen-bond acceptors (Lipinski definition) is 3. The summed E-state index contributed by atoms with van der Waals surface area (Å²) in [6, 6.07) is 1.98. The van der Waals surface area contributed by atoms with Gasteiger partial charge >= 0.3 is 6.18 Å². The molecule has 1 rings (SSSR count). The molecule has 0 saturated carbocycles. The van der Waals surface area contributed by atoms with Gasteiger partial charge in [-0.1, -0.05) is 0 Å². The van der Waals surface area contributed by atoms with Crippen molar-refractivity contribution in [2.75, 3.05) is 0 Å². The minimum absolute atomic E-state index is 0.0262. The fourth-order valence-electron chi connectivity index (χ4n) is 0.973. The van der Waals surface area contributed by atoms with Crippen LogP contribution in [0, 0.1) is 0 Å². The van der Waals surface area contributed by atoms with Crippen molar-refractivity contribution in [2.24, 2.45) is 5.73 Å². The zero-order valence-electron chi connectivity index (χ0n) is 8.25. The average Bonchev–Trinajstić information content (AvgIpc) is 2.16. The van der Waals surface area contributed by atoms with Crippen molar-refractivity contribution in [3.63, 3.8) is 0 Å². The first kappa shape index (κ1) is 12.4. The summed E-state index contributed by atoms with van der Waals surface area (Å²) in [5, 5.41) is 9.25. The minimum Gasteiger partial charge on any atom is -0.375 e. The molecule has 1 amide bonds. The number of carbonyl (C=O) groups is 1. The number of alkyl halides is 3. The summed E-state index contributed by atoms with van der Waals surface area (Å²) in [5.41, 5.74) is 1.22. The first-order valence-electron chi connectivity index (χ1n) is 4.21. The van der Waals surface area contributed by atoms with Gasteiger partial charge in [0.1, 0.15) is 0 Å². The molecular weight excluding hydrogens is 225 g/mol. The van der Waals surface area contributed by atoms with E-state index in [1.165, 1.54) is 0 Å². The molecule has 0 aliphatic carbocycles. The van der Waals surface area contributed by atoms with Crippen molar-refractivity contribution in [1.82, 2.24) is 4.98 Å². The van der Waals surface area contributed by atoms with Crippen molar-refractivity contribution >= 4 is 5.91 Å². The average molecular weight is 234 g/mol. The molecule has 88 valence electrons. The highest BCUT2D eigenvalue weighted by Crippen LogP contribution is 2.37. The highest BCUT2D eigenvalue weighted by molar-refractivity contribution is 5.92. The van der Waals surface area contributed by atoms with Crippen LogP contribution >= 0.6 is 0 Å². The lowest BCUT2D eigenvalue weighted by molar-refractivity contribution is -0.260. The molecular formula is C9H9F3N2O2. The number of nitrogens with zero attached hydrogens (tertiary/aromatic N) is 1. The molecule has 0 spiro atoms. The van der Waals surface area contributed by atoms with Crippen LogP contribution in [-0.4, -0.2) is 22.2 Å². The van der Waals surface area contributed by atoms with Gasteiger partial charge in [-0.3, -0.25) is 9.78 Å². The van der Waals surface area contributed by atoms with Crippen LogP contribution in [0.3, 0.4) is 0 Å². The van der Waals surface area contributed by atoms with Crippen molar-refractivity contribution in [3.8, 4) is 0 Å². The second kappa shape index (κ2) is 3.75. The third kappa shape index (κ3) is 2.13. The number of nitrogens with two attached hydrogens (primary N) is 1. The van der Waals surface area contributed by atoms with Gasteiger partial charge < -0.3 is 10.8 Å². The second-order valence-corrected chi connectivity index (χ2v) is 3.37. The number of rotatable bonds is 2. The van der Waals surface area contributed by atoms with Crippen LogP contribution in [0.15, 0.2) is 18.3 Å². The molecule has 0 aliphatic rings. The molecule has 16 heavy (non-hydrogen) atoms. The van der Waals surface area contributed by atoms with Crippen LogP contribution in [0.4, 0.5) is 13.2 Å². The Morgan fingerprint density at radius 2 is 2.00 bits per heavy atom. The smallest absolute Gasteiger partial charge is 0.375 e. The van der Waals surface area contributed by atoms with Crippen LogP contribution in [0.25, 0.3) is 0 Å². The van der Waals surface area contributed by atoms with E-state index in [1.54, 1.807) is 0 Å². The topological polar surface area (TPSA) is 76.2 Å². The fourth-order valence-corrected chi connectivity index (χ4v) is 0.973. The van der Waals surface area contributed by atoms with Gasteiger partial charge in [-0.25, -0.2) is 0 Å². The van der Waals surface area contributed by atoms with Crippen molar-refractivity contribution in [2.45, 2.75) is 18.7 Å². The van der Waals surface area contributed by atoms with E-state index in [0.717, 1.165) is 18.3 Å². The van der Waals surface area contributed by atoms with Gasteiger partial charge in [-0.2, -0.15) is 13.2 Å². The van der Waals surface area contributed by atoms with E-state index in [1.807, 2.05) is 0 Å². The van der Waals surface area contributed by atoms with Crippen molar-refractivity contribution in [1.29, 1.82) is 0 Å². The van der Waals surface area contributed by atoms with E-state index >= 15 is 0 Å². The Kier molecular flexibility index (Phi) is 2.91. The summed E-state index contributed by atoms with van der Waals surface area (Å²) >= 11 is 0. The molecule has 0 saturated heterocycles. The maximum atomic E-state index is 12.4. The number of aliphatic hydroxyl groups is 1. The Labute approximate surface area is 88.9 Å². The Bertz CT molecular complexity index is 398. The van der Waals surface area contributed by atoms with E-state index in [4.69, 9.17) is 5.73 Å². The van der Waals surface area contributed by atoms with E-state index in [2.05, 4.69) is 4.98 Å². The highest BCUT2D eigenvalue weighted by atomic mass is 19.4. The predicted molar refractivity (Wildman–Crippen MR) is 48.4 cm³/mol. The number of carbonyl (C=O) groups excluding carboxylic acids is 1. The Balaban J connectivity index is 3.11. The molecule has 1 unspecified atom stereocenters. The minimum atomic E-state index is -4.84. The van der Waals surface area contributed by atoms with Crippen LogP contribution in [0.2, 0.25) is 0 Å². The normalized spacial score (nSPS) is 15.6. The Morgan fingerprint density at radius 3 is 2.31 bits per heavy atom. The highest BCUT2D eigenvalue weighted by Gasteiger charge is 2.52. The predicted octanol–water partition coefficient (Wildman–Crippen LogP) is 0.950. The zero-order chi connectivity index (χ0) is 12.6. The molecule has 1 aromatic heterocycles. The monoisotopic (exact) mass is 234 g/mol. The quantitative estimate of drug-likeness (QED) is 0.799. The van der Waals surface area contributed by atoms with Gasteiger partial charge in [0.2, 0.25) is 5.91 Å². The summed E-state index contributed by atoms with van der Waals surface area (Å²) in [4.78, 5) is 14.0. The van der Waals surface area contributed by atoms with E-state index in [-0.39, 0.29) is 5.56 Å². The Morgan fingerprint density at radius 1 is 1.44 bits per heavy atom. The molecule has 7 heteroatoms. The van der Waals surface area contributed by atoms with Crippen molar-refractivity contribution in [3.05, 3.63) is 29.6 Å². The lowest BCUT2D eigenvalue weighted by Crippen LogP contribution is -2.40. The summed E-state index contributed by atoms with van der Waals surface area (Å²) in [7, 11) is 0. The fraction of sp³-hybridized carbons (Fsp3) is 0.333. The van der Waals surface area contributed by atoms with Gasteiger partial charge in [-0.15, -0.1) is 0 Å². The van der Waals surface area contributed by atoms with Gasteiger partial charge in [0.25, 0.3) is 0 Å². The van der Waals surface area contributed by atoms with E-state index < -0.39 is 23.4 Å². The maximum absolute atomic E-state index is 12.4. The van der Waals surface area contributed by atoms with Gasteiger partial charge in [0, 0.05) is 6.20 Å². The molecule has 0 aliphatic heterocycles. The number of amides is 1. The van der Waals surface area contributed by atoms with Crippen LogP contribution < -0.4 is 5.73 Å². The lowest BCUT2D eigenvalue weighted by Gasteiger charge is -2.25. The van der Waals surface area contributed by atoms with Gasteiger partial charge in [-0.05, 0) is 19.1 Å². The summed E-state index contributed by atoms with van der Waals surface area (Å²) in [6.07, 6.45) is -3.95. The standard InChI is InChI=1S/C9H9F3N2O2/c1-8(16,9(10,11)12)6-3-2-5(4-14-6)7(13)15/h2-4,16H,1H3,(H2,13,15). The SMILES string of the molecule is CC(O)(c1ccc(C(N)=O)cn1)C(F)(F)F. The zero-order valence-corrected chi connectivity index (χ0v) is 8.25. The third-order valence-corrected chi connectivity index (χ3v) is 2.10.